The zero-order valence-corrected chi connectivity index (χ0v) is 17.4. The number of Topliss-reactive ketones (excluding diaryl/α,β-unsaturated/α-hetero) is 1. The van der Waals surface area contributed by atoms with Crippen molar-refractivity contribution in [2.24, 2.45) is 0 Å². The lowest BCUT2D eigenvalue weighted by atomic mass is 9.87. The minimum absolute atomic E-state index is 0.00856. The van der Waals surface area contributed by atoms with Crippen molar-refractivity contribution in [3.8, 4) is 5.75 Å². The van der Waals surface area contributed by atoms with Crippen molar-refractivity contribution in [3.63, 3.8) is 0 Å². The van der Waals surface area contributed by atoms with Gasteiger partial charge >= 0.3 is 5.97 Å². The Hall–Kier alpha value is -3.15. The number of ether oxygens (including phenoxy) is 2. The highest BCUT2D eigenvalue weighted by Crippen LogP contribution is 2.22. The summed E-state index contributed by atoms with van der Waals surface area (Å²) in [6.45, 7) is 7.45. The van der Waals surface area contributed by atoms with Crippen molar-refractivity contribution >= 4 is 17.7 Å². The number of carbonyl (C=O) groups excluding carboxylic acids is 3. The molecule has 0 spiro atoms. The second-order valence-electron chi connectivity index (χ2n) is 7.73. The van der Waals surface area contributed by atoms with Crippen LogP contribution in [0.5, 0.6) is 5.75 Å². The lowest BCUT2D eigenvalue weighted by Crippen LogP contribution is -2.34. The number of carbonyl (C=O) groups is 3. The van der Waals surface area contributed by atoms with Gasteiger partial charge in [-0.05, 0) is 54.3 Å². The van der Waals surface area contributed by atoms with E-state index in [1.165, 1.54) is 14.0 Å². The normalized spacial score (nSPS) is 12.0. The Bertz CT molecular complexity index is 864. The highest BCUT2D eigenvalue weighted by molar-refractivity contribution is 6.00. The molecule has 29 heavy (non-hydrogen) atoms. The number of hydrogen-bond donors (Lipinski definition) is 1. The Kier molecular flexibility index (Phi) is 7.15. The molecule has 1 atom stereocenters. The zero-order chi connectivity index (χ0) is 21.6. The van der Waals surface area contributed by atoms with E-state index in [1.54, 1.807) is 36.4 Å². The number of benzene rings is 2. The quantitative estimate of drug-likeness (QED) is 0.571. The maximum absolute atomic E-state index is 12.3. The van der Waals surface area contributed by atoms with E-state index in [-0.39, 0.29) is 23.7 Å². The van der Waals surface area contributed by atoms with Crippen LogP contribution in [0.2, 0.25) is 0 Å². The lowest BCUT2D eigenvalue weighted by molar-refractivity contribution is -0.145. The second kappa shape index (κ2) is 9.37. The van der Waals surface area contributed by atoms with Crippen molar-refractivity contribution in [2.45, 2.75) is 39.2 Å². The summed E-state index contributed by atoms with van der Waals surface area (Å²) in [5.41, 5.74) is 1.97. The Labute approximate surface area is 171 Å². The van der Waals surface area contributed by atoms with Crippen LogP contribution in [0.3, 0.4) is 0 Å². The summed E-state index contributed by atoms with van der Waals surface area (Å²) in [6.07, 6.45) is -0.959. The monoisotopic (exact) mass is 397 g/mol. The van der Waals surface area contributed by atoms with Gasteiger partial charge in [-0.25, -0.2) is 0 Å². The summed E-state index contributed by atoms with van der Waals surface area (Å²) in [5, 5.41) is 2.51. The third-order valence-electron chi connectivity index (χ3n) is 4.46. The van der Waals surface area contributed by atoms with E-state index in [1.807, 2.05) is 12.1 Å². The summed E-state index contributed by atoms with van der Waals surface area (Å²) in [6, 6.07) is 13.8. The van der Waals surface area contributed by atoms with Crippen LogP contribution in [0.25, 0.3) is 0 Å². The van der Waals surface area contributed by atoms with Gasteiger partial charge in [0, 0.05) is 11.1 Å². The fourth-order valence-corrected chi connectivity index (χ4v) is 2.66. The first-order valence-corrected chi connectivity index (χ1v) is 9.38. The molecule has 0 fully saturated rings. The predicted octanol–water partition coefficient (Wildman–Crippen LogP) is 3.54. The second-order valence-corrected chi connectivity index (χ2v) is 7.73. The average Bonchev–Trinajstić information content (AvgIpc) is 2.71. The molecule has 154 valence electrons. The Morgan fingerprint density at radius 3 is 2.00 bits per heavy atom. The van der Waals surface area contributed by atoms with Crippen LogP contribution in [-0.4, -0.2) is 37.4 Å². The first kappa shape index (κ1) is 22.1. The van der Waals surface area contributed by atoms with Gasteiger partial charge in [0.25, 0.3) is 5.91 Å². The summed E-state index contributed by atoms with van der Waals surface area (Å²) in [5.74, 6) is -0.759. The summed E-state index contributed by atoms with van der Waals surface area (Å²) >= 11 is 0. The van der Waals surface area contributed by atoms with Crippen molar-refractivity contribution in [3.05, 3.63) is 65.2 Å². The number of esters is 1. The Morgan fingerprint density at radius 2 is 1.48 bits per heavy atom. The van der Waals surface area contributed by atoms with Crippen LogP contribution in [0, 0.1) is 0 Å². The van der Waals surface area contributed by atoms with E-state index in [0.717, 1.165) is 5.56 Å². The topological polar surface area (TPSA) is 81.7 Å². The third-order valence-corrected chi connectivity index (χ3v) is 4.46. The fraction of sp³-hybridized carbons (Fsp3) is 0.348. The highest BCUT2D eigenvalue weighted by atomic mass is 16.5. The molecule has 0 unspecified atom stereocenters. The standard InChI is InChI=1S/C23H27NO5/c1-15(21(26)16-8-12-19(28-5)13-9-16)29-20(25)14-24-22(27)17-6-10-18(11-7-17)23(2,3)4/h6-13,15H,14H2,1-5H3,(H,24,27)/t15-/m1/s1. The van der Waals surface area contributed by atoms with E-state index in [0.29, 0.717) is 16.9 Å². The summed E-state index contributed by atoms with van der Waals surface area (Å²) < 4.78 is 10.2. The zero-order valence-electron chi connectivity index (χ0n) is 17.4. The van der Waals surface area contributed by atoms with Crippen LogP contribution in [0.15, 0.2) is 48.5 Å². The van der Waals surface area contributed by atoms with E-state index in [2.05, 4.69) is 26.1 Å². The van der Waals surface area contributed by atoms with Gasteiger partial charge in [0.1, 0.15) is 12.3 Å². The molecule has 0 aromatic heterocycles. The van der Waals surface area contributed by atoms with E-state index in [9.17, 15) is 14.4 Å². The van der Waals surface area contributed by atoms with Crippen molar-refractivity contribution in [2.75, 3.05) is 13.7 Å². The van der Waals surface area contributed by atoms with Crippen molar-refractivity contribution < 1.29 is 23.9 Å². The SMILES string of the molecule is COc1ccc(C(=O)[C@@H](C)OC(=O)CNC(=O)c2ccc(C(C)(C)C)cc2)cc1. The maximum atomic E-state index is 12.3. The Balaban J connectivity index is 1.86. The number of amides is 1. The molecule has 0 aliphatic carbocycles. The van der Waals surface area contributed by atoms with Gasteiger partial charge < -0.3 is 14.8 Å². The van der Waals surface area contributed by atoms with Gasteiger partial charge in [-0.3, -0.25) is 14.4 Å². The number of methoxy groups -OCH3 is 1. The molecule has 2 rings (SSSR count). The Morgan fingerprint density at radius 1 is 0.931 bits per heavy atom. The van der Waals surface area contributed by atoms with Crippen LogP contribution in [0.1, 0.15) is 54.0 Å². The number of rotatable bonds is 7. The molecule has 1 N–H and O–H groups in total. The van der Waals surface area contributed by atoms with Crippen LogP contribution in [-0.2, 0) is 14.9 Å². The molecule has 0 saturated carbocycles. The molecular weight excluding hydrogens is 370 g/mol. The highest BCUT2D eigenvalue weighted by Gasteiger charge is 2.20. The predicted molar refractivity (Wildman–Crippen MR) is 110 cm³/mol. The average molecular weight is 397 g/mol. The molecule has 0 bridgehead atoms. The van der Waals surface area contributed by atoms with E-state index >= 15 is 0 Å². The number of nitrogens with one attached hydrogen (secondary N) is 1. The van der Waals surface area contributed by atoms with E-state index in [4.69, 9.17) is 9.47 Å². The molecule has 0 radical (unpaired) electrons. The number of ketones is 1. The minimum Gasteiger partial charge on any atom is -0.497 e. The molecule has 2 aromatic rings. The molecule has 1 amide bonds. The van der Waals surface area contributed by atoms with Gasteiger partial charge in [0.2, 0.25) is 5.78 Å². The van der Waals surface area contributed by atoms with Crippen molar-refractivity contribution in [1.82, 2.24) is 5.32 Å². The fourth-order valence-electron chi connectivity index (χ4n) is 2.66. The lowest BCUT2D eigenvalue weighted by Gasteiger charge is -2.19. The molecule has 0 aliphatic rings. The maximum Gasteiger partial charge on any atom is 0.326 e. The minimum atomic E-state index is -0.959. The van der Waals surface area contributed by atoms with Crippen molar-refractivity contribution in [1.29, 1.82) is 0 Å². The van der Waals surface area contributed by atoms with Gasteiger partial charge in [0.15, 0.2) is 6.10 Å². The van der Waals surface area contributed by atoms with Gasteiger partial charge in [0.05, 0.1) is 7.11 Å². The molecule has 6 heteroatoms. The smallest absolute Gasteiger partial charge is 0.326 e. The first-order chi connectivity index (χ1) is 13.6. The summed E-state index contributed by atoms with van der Waals surface area (Å²) in [7, 11) is 1.54. The molecular formula is C23H27NO5. The number of hydrogen-bond acceptors (Lipinski definition) is 5. The van der Waals surface area contributed by atoms with E-state index < -0.39 is 12.1 Å². The molecule has 0 saturated heterocycles. The molecule has 0 aliphatic heterocycles. The van der Waals surface area contributed by atoms with Crippen LogP contribution < -0.4 is 10.1 Å². The largest absolute Gasteiger partial charge is 0.497 e. The molecule has 0 heterocycles. The molecule has 2 aromatic carbocycles. The summed E-state index contributed by atoms with van der Waals surface area (Å²) in [4.78, 5) is 36.6. The van der Waals surface area contributed by atoms with Crippen LogP contribution in [0.4, 0.5) is 0 Å². The third kappa shape index (κ3) is 6.17. The molecule has 6 nitrogen and oxygen atoms in total. The van der Waals surface area contributed by atoms with Gasteiger partial charge in [-0.2, -0.15) is 0 Å². The van der Waals surface area contributed by atoms with Gasteiger partial charge in [-0.1, -0.05) is 32.9 Å². The first-order valence-electron chi connectivity index (χ1n) is 9.38. The van der Waals surface area contributed by atoms with Gasteiger partial charge in [-0.15, -0.1) is 0 Å². The van der Waals surface area contributed by atoms with Crippen LogP contribution >= 0.6 is 0 Å².